The van der Waals surface area contributed by atoms with E-state index < -0.39 is 17.7 Å². The van der Waals surface area contributed by atoms with Gasteiger partial charge in [0.2, 0.25) is 5.82 Å². The van der Waals surface area contributed by atoms with Crippen LogP contribution in [0.5, 0.6) is 0 Å². The van der Waals surface area contributed by atoms with Crippen LogP contribution in [-0.4, -0.2) is 36.6 Å². The van der Waals surface area contributed by atoms with Crippen molar-refractivity contribution in [3.63, 3.8) is 0 Å². The summed E-state index contributed by atoms with van der Waals surface area (Å²) in [5.74, 6) is 0.397. The van der Waals surface area contributed by atoms with Crippen molar-refractivity contribution in [2.75, 3.05) is 5.32 Å². The number of carbonyl (C=O) groups is 1. The normalized spacial score (nSPS) is 22.0. The van der Waals surface area contributed by atoms with Crippen molar-refractivity contribution in [2.45, 2.75) is 89.4 Å². The molecule has 2 aromatic heterocycles. The second-order valence-corrected chi connectivity index (χ2v) is 11.9. The van der Waals surface area contributed by atoms with Crippen molar-refractivity contribution in [3.05, 3.63) is 70.8 Å². The molecule has 0 amide bonds. The number of hydrogen-bond donors (Lipinski definition) is 2. The first-order valence-corrected chi connectivity index (χ1v) is 15.0. The lowest BCUT2D eigenvalue weighted by atomic mass is 9.73. The molecular formula is C32H36F3N5O2. The Morgan fingerprint density at radius 2 is 1.76 bits per heavy atom. The van der Waals surface area contributed by atoms with Gasteiger partial charge in [-0.1, -0.05) is 49.6 Å². The van der Waals surface area contributed by atoms with Gasteiger partial charge in [-0.2, -0.15) is 13.2 Å². The molecule has 2 heterocycles. The number of nitrogens with one attached hydrogen (secondary N) is 1. The number of aromatic nitrogens is 4. The number of carboxylic acids is 1. The summed E-state index contributed by atoms with van der Waals surface area (Å²) in [6, 6.07) is 5.27. The maximum Gasteiger partial charge on any atom is 0.416 e. The average molecular weight is 580 g/mol. The lowest BCUT2D eigenvalue weighted by Gasteiger charge is -2.33. The van der Waals surface area contributed by atoms with Gasteiger partial charge in [-0.3, -0.25) is 0 Å². The summed E-state index contributed by atoms with van der Waals surface area (Å²) in [6.07, 6.45) is 11.8. The van der Waals surface area contributed by atoms with Crippen LogP contribution in [0.1, 0.15) is 98.2 Å². The minimum Gasteiger partial charge on any atom is -0.475 e. The van der Waals surface area contributed by atoms with Gasteiger partial charge in [0.15, 0.2) is 11.5 Å². The Kier molecular flexibility index (Phi) is 7.81. The summed E-state index contributed by atoms with van der Waals surface area (Å²) in [4.78, 5) is 25.9. The Labute approximate surface area is 243 Å². The fraction of sp³-hybridized carbons (Fsp3) is 0.500. The van der Waals surface area contributed by atoms with Crippen LogP contribution in [0.15, 0.2) is 48.1 Å². The van der Waals surface area contributed by atoms with Gasteiger partial charge in [0.1, 0.15) is 11.3 Å². The van der Waals surface area contributed by atoms with Crippen molar-refractivity contribution in [3.8, 4) is 0 Å². The zero-order valence-electron chi connectivity index (χ0n) is 23.7. The molecule has 0 bridgehead atoms. The molecule has 0 radical (unpaired) electrons. The summed E-state index contributed by atoms with van der Waals surface area (Å²) >= 11 is 0. The second-order valence-electron chi connectivity index (χ2n) is 11.9. The van der Waals surface area contributed by atoms with Crippen LogP contribution in [0.2, 0.25) is 0 Å². The number of fused-ring (bicyclic) bond motifs is 1. The summed E-state index contributed by atoms with van der Waals surface area (Å²) in [6.45, 7) is 2.35. The SMILES string of the molecule is CC(Nc1nc(C(=O)O)nc2nc(C3CCCCC3C3=CCCC=C3)n(Cc3ccc(C(F)(F)F)cc3)c12)C1CCC1. The molecule has 2 saturated carbocycles. The number of nitrogens with zero attached hydrogens (tertiary/aromatic N) is 4. The van der Waals surface area contributed by atoms with Gasteiger partial charge in [0.05, 0.1) is 5.56 Å². The van der Waals surface area contributed by atoms with E-state index in [0.717, 1.165) is 69.3 Å². The van der Waals surface area contributed by atoms with Gasteiger partial charge >= 0.3 is 12.1 Å². The summed E-state index contributed by atoms with van der Waals surface area (Å²) in [5.41, 5.74) is 2.18. The summed E-state index contributed by atoms with van der Waals surface area (Å²) in [5, 5.41) is 13.3. The average Bonchev–Trinajstić information content (AvgIpc) is 3.30. The van der Waals surface area contributed by atoms with E-state index in [1.54, 1.807) is 0 Å². The highest BCUT2D eigenvalue weighted by molar-refractivity contribution is 5.91. The van der Waals surface area contributed by atoms with Crippen molar-refractivity contribution < 1.29 is 23.1 Å². The number of anilines is 1. The maximum absolute atomic E-state index is 13.3. The highest BCUT2D eigenvalue weighted by Crippen LogP contribution is 2.44. The van der Waals surface area contributed by atoms with E-state index in [-0.39, 0.29) is 30.2 Å². The largest absolute Gasteiger partial charge is 0.475 e. The van der Waals surface area contributed by atoms with E-state index >= 15 is 0 Å². The topological polar surface area (TPSA) is 92.9 Å². The molecule has 2 N–H and O–H groups in total. The number of halogens is 3. The van der Waals surface area contributed by atoms with E-state index in [9.17, 15) is 23.1 Å². The summed E-state index contributed by atoms with van der Waals surface area (Å²) in [7, 11) is 0. The van der Waals surface area contributed by atoms with E-state index in [2.05, 4.69) is 40.4 Å². The Balaban J connectivity index is 1.50. The van der Waals surface area contributed by atoms with Crippen LogP contribution in [0.4, 0.5) is 19.0 Å². The monoisotopic (exact) mass is 579 g/mol. The van der Waals surface area contributed by atoms with E-state index in [4.69, 9.17) is 4.98 Å². The molecule has 7 nitrogen and oxygen atoms in total. The molecular weight excluding hydrogens is 543 g/mol. The van der Waals surface area contributed by atoms with Gasteiger partial charge < -0.3 is 15.0 Å². The molecule has 1 aromatic carbocycles. The molecule has 10 heteroatoms. The van der Waals surface area contributed by atoms with Crippen molar-refractivity contribution in [1.29, 1.82) is 0 Å². The smallest absolute Gasteiger partial charge is 0.416 e. The Morgan fingerprint density at radius 1 is 1.02 bits per heavy atom. The fourth-order valence-corrected chi connectivity index (χ4v) is 6.69. The van der Waals surface area contributed by atoms with Crippen molar-refractivity contribution >= 4 is 23.0 Å². The van der Waals surface area contributed by atoms with E-state index in [1.165, 1.54) is 24.1 Å². The molecule has 222 valence electrons. The highest BCUT2D eigenvalue weighted by Gasteiger charge is 2.35. The third kappa shape index (κ3) is 5.68. The Hall–Kier alpha value is -3.69. The van der Waals surface area contributed by atoms with Crippen LogP contribution in [0, 0.1) is 11.8 Å². The van der Waals surface area contributed by atoms with Gasteiger partial charge in [0.25, 0.3) is 0 Å². The van der Waals surface area contributed by atoms with Gasteiger partial charge in [-0.15, -0.1) is 0 Å². The first-order valence-electron chi connectivity index (χ1n) is 15.0. The van der Waals surface area contributed by atoms with Gasteiger partial charge in [-0.25, -0.2) is 19.7 Å². The second kappa shape index (κ2) is 11.5. The van der Waals surface area contributed by atoms with E-state index in [1.807, 2.05) is 4.57 Å². The van der Waals surface area contributed by atoms with Gasteiger partial charge in [-0.05, 0) is 80.6 Å². The number of rotatable bonds is 8. The number of hydrogen-bond acceptors (Lipinski definition) is 5. The first kappa shape index (κ1) is 28.4. The molecule has 3 unspecified atom stereocenters. The molecule has 3 aromatic rings. The Morgan fingerprint density at radius 3 is 2.38 bits per heavy atom. The third-order valence-corrected chi connectivity index (χ3v) is 9.22. The van der Waals surface area contributed by atoms with Crippen LogP contribution in [0.25, 0.3) is 11.2 Å². The maximum atomic E-state index is 13.3. The number of allylic oxidation sites excluding steroid dienone is 4. The third-order valence-electron chi connectivity index (χ3n) is 9.22. The van der Waals surface area contributed by atoms with Crippen LogP contribution in [0.3, 0.4) is 0 Å². The lowest BCUT2D eigenvalue weighted by molar-refractivity contribution is -0.137. The van der Waals surface area contributed by atoms with Crippen LogP contribution >= 0.6 is 0 Å². The number of benzene rings is 1. The quantitative estimate of drug-likeness (QED) is 0.284. The lowest BCUT2D eigenvalue weighted by Crippen LogP contribution is -2.31. The fourth-order valence-electron chi connectivity index (χ4n) is 6.69. The first-order chi connectivity index (χ1) is 20.2. The van der Waals surface area contributed by atoms with E-state index in [0.29, 0.717) is 28.5 Å². The minimum atomic E-state index is -4.42. The van der Waals surface area contributed by atoms with Crippen LogP contribution in [-0.2, 0) is 12.7 Å². The molecule has 0 saturated heterocycles. The predicted molar refractivity (Wildman–Crippen MR) is 154 cm³/mol. The number of carboxylic acid groups (broad SMARTS) is 1. The number of aromatic carboxylic acids is 1. The number of alkyl halides is 3. The number of imidazole rings is 1. The minimum absolute atomic E-state index is 0.0570. The standard InChI is InChI=1S/C32H36F3N5O2/c1-19(21-10-7-11-21)36-27-26-28(38-29(37-27)31(41)42)39-30(25-13-6-5-12-24(25)22-8-3-2-4-9-22)40(26)18-20-14-16-23(17-15-20)32(33,34)35/h3,8-9,14-17,19,21,24-25H,2,4-7,10-13,18H2,1H3,(H,41,42)(H,36,37,38). The zero-order valence-corrected chi connectivity index (χ0v) is 23.7. The predicted octanol–water partition coefficient (Wildman–Crippen LogP) is 7.74. The zero-order chi connectivity index (χ0) is 29.4. The highest BCUT2D eigenvalue weighted by atomic mass is 19.4. The molecule has 42 heavy (non-hydrogen) atoms. The molecule has 2 fully saturated rings. The van der Waals surface area contributed by atoms with Crippen molar-refractivity contribution in [1.82, 2.24) is 19.5 Å². The van der Waals surface area contributed by atoms with Crippen LogP contribution < -0.4 is 5.32 Å². The molecule has 0 spiro atoms. The molecule has 0 aliphatic heterocycles. The Bertz CT molecular complexity index is 1520. The summed E-state index contributed by atoms with van der Waals surface area (Å²) < 4.78 is 42.0. The van der Waals surface area contributed by atoms with Gasteiger partial charge in [0, 0.05) is 18.5 Å². The molecule has 6 rings (SSSR count). The molecule has 3 aliphatic carbocycles. The molecule has 3 atom stereocenters. The van der Waals surface area contributed by atoms with Crippen molar-refractivity contribution in [2.24, 2.45) is 11.8 Å². The molecule has 3 aliphatic rings.